The number of aromatic nitrogens is 3. The van der Waals surface area contributed by atoms with Gasteiger partial charge in [0, 0.05) is 6.20 Å². The average molecular weight is 163 g/mol. The maximum atomic E-state index is 11.1. The lowest BCUT2D eigenvalue weighted by atomic mass is 10.4. The van der Waals surface area contributed by atoms with Gasteiger partial charge in [-0.15, -0.1) is 4.73 Å². The highest BCUT2D eigenvalue weighted by Gasteiger charge is 2.01. The molecule has 0 aliphatic carbocycles. The highest BCUT2D eigenvalue weighted by Crippen LogP contribution is 1.99. The Hall–Kier alpha value is -1.91. The summed E-state index contributed by atoms with van der Waals surface area (Å²) in [4.78, 5) is 18.7. The lowest BCUT2D eigenvalue weighted by Gasteiger charge is -1.95. The fourth-order valence-corrected chi connectivity index (χ4v) is 0.944. The van der Waals surface area contributed by atoms with Crippen molar-refractivity contribution in [2.75, 3.05) is 0 Å². The van der Waals surface area contributed by atoms with Gasteiger partial charge in [0.1, 0.15) is 6.33 Å². The maximum Gasteiger partial charge on any atom is 0.312 e. The van der Waals surface area contributed by atoms with Crippen LogP contribution < -0.4 is 5.56 Å². The molecule has 2 rings (SSSR count). The van der Waals surface area contributed by atoms with Gasteiger partial charge < -0.3 is 5.21 Å². The van der Waals surface area contributed by atoms with Crippen LogP contribution in [0.2, 0.25) is 0 Å². The number of pyridine rings is 1. The van der Waals surface area contributed by atoms with Crippen LogP contribution in [0.3, 0.4) is 0 Å². The highest BCUT2D eigenvalue weighted by molar-refractivity contribution is 5.71. The van der Waals surface area contributed by atoms with Crippen molar-refractivity contribution < 1.29 is 5.21 Å². The van der Waals surface area contributed by atoms with Gasteiger partial charge >= 0.3 is 5.56 Å². The molecule has 5 heteroatoms. The minimum Gasteiger partial charge on any atom is -0.424 e. The Morgan fingerprint density at radius 1 is 1.42 bits per heavy atom. The van der Waals surface area contributed by atoms with Crippen LogP contribution in [0.4, 0.5) is 0 Å². The van der Waals surface area contributed by atoms with Crippen molar-refractivity contribution in [2.24, 2.45) is 0 Å². The zero-order valence-electron chi connectivity index (χ0n) is 6.01. The number of nitrogens with zero attached hydrogens (tertiary/aromatic N) is 3. The lowest BCUT2D eigenvalue weighted by molar-refractivity contribution is 0.173. The smallest absolute Gasteiger partial charge is 0.312 e. The predicted molar refractivity (Wildman–Crippen MR) is 41.0 cm³/mol. The largest absolute Gasteiger partial charge is 0.424 e. The van der Waals surface area contributed by atoms with E-state index in [1.54, 1.807) is 12.1 Å². The van der Waals surface area contributed by atoms with Crippen molar-refractivity contribution in [3.8, 4) is 0 Å². The van der Waals surface area contributed by atoms with Crippen LogP contribution in [0.5, 0.6) is 0 Å². The van der Waals surface area contributed by atoms with Crippen molar-refractivity contribution >= 4 is 11.0 Å². The first-order chi connectivity index (χ1) is 5.79. The molecule has 1 N–H and O–H groups in total. The molecule has 2 aromatic heterocycles. The first-order valence-corrected chi connectivity index (χ1v) is 3.30. The summed E-state index contributed by atoms with van der Waals surface area (Å²) in [5.41, 5.74) is 0.0934. The van der Waals surface area contributed by atoms with E-state index in [-0.39, 0.29) is 5.52 Å². The third-order valence-corrected chi connectivity index (χ3v) is 1.50. The van der Waals surface area contributed by atoms with Crippen molar-refractivity contribution in [3.05, 3.63) is 35.0 Å². The summed E-state index contributed by atoms with van der Waals surface area (Å²) < 4.78 is 0.412. The van der Waals surface area contributed by atoms with Gasteiger partial charge in [-0.3, -0.25) is 4.79 Å². The van der Waals surface area contributed by atoms with Gasteiger partial charge in [-0.2, -0.15) is 0 Å². The first kappa shape index (κ1) is 6.78. The Morgan fingerprint density at radius 3 is 3.08 bits per heavy atom. The van der Waals surface area contributed by atoms with E-state index in [9.17, 15) is 4.79 Å². The molecule has 0 aliphatic heterocycles. The maximum absolute atomic E-state index is 11.1. The lowest BCUT2D eigenvalue weighted by Crippen LogP contribution is -2.18. The summed E-state index contributed by atoms with van der Waals surface area (Å²) in [5, 5.41) is 8.92. The van der Waals surface area contributed by atoms with Crippen LogP contribution in [-0.4, -0.2) is 19.9 Å². The van der Waals surface area contributed by atoms with E-state index >= 15 is 0 Å². The van der Waals surface area contributed by atoms with E-state index < -0.39 is 5.56 Å². The van der Waals surface area contributed by atoms with E-state index in [0.717, 1.165) is 6.33 Å². The molecule has 0 aliphatic rings. The average Bonchev–Trinajstić information content (AvgIpc) is 2.12. The molecule has 12 heavy (non-hydrogen) atoms. The van der Waals surface area contributed by atoms with E-state index in [4.69, 9.17) is 5.21 Å². The Bertz CT molecular complexity index is 477. The Labute approximate surface area is 66.9 Å². The fourth-order valence-electron chi connectivity index (χ4n) is 0.944. The van der Waals surface area contributed by atoms with Gasteiger partial charge in [0.15, 0.2) is 5.52 Å². The molecule has 0 radical (unpaired) electrons. The molecule has 2 aromatic rings. The van der Waals surface area contributed by atoms with Gasteiger partial charge in [-0.25, -0.2) is 9.97 Å². The van der Waals surface area contributed by atoms with Crippen molar-refractivity contribution in [3.63, 3.8) is 0 Å². The molecule has 0 fully saturated rings. The summed E-state index contributed by atoms with van der Waals surface area (Å²) in [6.45, 7) is 0. The van der Waals surface area contributed by atoms with Gasteiger partial charge in [-0.05, 0) is 12.1 Å². The SMILES string of the molecule is O=c1c2ncccc2ncn1O. The van der Waals surface area contributed by atoms with Crippen LogP contribution in [0, 0.1) is 0 Å². The van der Waals surface area contributed by atoms with Crippen LogP contribution in [-0.2, 0) is 0 Å². The third-order valence-electron chi connectivity index (χ3n) is 1.50. The normalized spacial score (nSPS) is 10.3. The fraction of sp³-hybridized carbons (Fsp3) is 0. The zero-order chi connectivity index (χ0) is 8.55. The molecule has 0 atom stereocenters. The van der Waals surface area contributed by atoms with Crippen LogP contribution >= 0.6 is 0 Å². The van der Waals surface area contributed by atoms with E-state index in [0.29, 0.717) is 10.2 Å². The van der Waals surface area contributed by atoms with Crippen molar-refractivity contribution in [1.29, 1.82) is 0 Å². The van der Waals surface area contributed by atoms with Crippen LogP contribution in [0.1, 0.15) is 0 Å². The Morgan fingerprint density at radius 2 is 2.25 bits per heavy atom. The molecule has 0 saturated heterocycles. The molecule has 0 saturated carbocycles. The second kappa shape index (κ2) is 2.30. The van der Waals surface area contributed by atoms with Gasteiger partial charge in [0.25, 0.3) is 0 Å². The van der Waals surface area contributed by atoms with Crippen LogP contribution in [0.15, 0.2) is 29.5 Å². The monoisotopic (exact) mass is 163 g/mol. The molecule has 0 aromatic carbocycles. The highest BCUT2D eigenvalue weighted by atomic mass is 16.5. The van der Waals surface area contributed by atoms with Gasteiger partial charge in [0.05, 0.1) is 5.52 Å². The van der Waals surface area contributed by atoms with Crippen molar-refractivity contribution in [2.45, 2.75) is 0 Å². The molecule has 60 valence electrons. The molecular formula is C7H5N3O2. The van der Waals surface area contributed by atoms with E-state index in [1.807, 2.05) is 0 Å². The number of rotatable bonds is 0. The molecular weight excluding hydrogens is 158 g/mol. The number of hydrogen-bond donors (Lipinski definition) is 1. The quantitative estimate of drug-likeness (QED) is 0.556. The summed E-state index contributed by atoms with van der Waals surface area (Å²) in [6, 6.07) is 3.33. The molecule has 2 heterocycles. The molecule has 5 nitrogen and oxygen atoms in total. The summed E-state index contributed by atoms with van der Waals surface area (Å²) >= 11 is 0. The first-order valence-electron chi connectivity index (χ1n) is 3.30. The molecule has 0 spiro atoms. The van der Waals surface area contributed by atoms with E-state index in [2.05, 4.69) is 9.97 Å². The number of fused-ring (bicyclic) bond motifs is 1. The Kier molecular flexibility index (Phi) is 1.30. The zero-order valence-corrected chi connectivity index (χ0v) is 6.01. The third kappa shape index (κ3) is 0.833. The van der Waals surface area contributed by atoms with Gasteiger partial charge in [0.2, 0.25) is 0 Å². The molecule has 0 unspecified atom stereocenters. The summed E-state index contributed by atoms with van der Waals surface area (Å²) in [6.07, 6.45) is 2.53. The van der Waals surface area contributed by atoms with Crippen LogP contribution in [0.25, 0.3) is 11.0 Å². The minimum atomic E-state index is -0.555. The second-order valence-corrected chi connectivity index (χ2v) is 2.27. The van der Waals surface area contributed by atoms with E-state index in [1.165, 1.54) is 6.20 Å². The molecule has 0 amide bonds. The van der Waals surface area contributed by atoms with Gasteiger partial charge in [-0.1, -0.05) is 0 Å². The standard InChI is InChI=1S/C7H5N3O2/c11-7-6-5(2-1-3-8-6)9-4-10(7)12/h1-4,12H. The minimum absolute atomic E-state index is 0.169. The molecule has 0 bridgehead atoms. The topological polar surface area (TPSA) is 68.0 Å². The summed E-state index contributed by atoms with van der Waals surface area (Å²) in [5.74, 6) is 0. The van der Waals surface area contributed by atoms with Crippen molar-refractivity contribution in [1.82, 2.24) is 14.7 Å². The Balaban J connectivity index is 3.01. The second-order valence-electron chi connectivity index (χ2n) is 2.27. The number of hydrogen-bond acceptors (Lipinski definition) is 4. The summed E-state index contributed by atoms with van der Waals surface area (Å²) in [7, 11) is 0. The predicted octanol–water partition coefficient (Wildman–Crippen LogP) is 0.0288.